The van der Waals surface area contributed by atoms with Crippen molar-refractivity contribution >= 4 is 11.9 Å². The van der Waals surface area contributed by atoms with E-state index in [0.29, 0.717) is 6.42 Å². The molecule has 1 atom stereocenters. The highest BCUT2D eigenvalue weighted by Crippen LogP contribution is 2.09. The van der Waals surface area contributed by atoms with Gasteiger partial charge in [0.25, 0.3) is 0 Å². The Labute approximate surface area is 171 Å². The summed E-state index contributed by atoms with van der Waals surface area (Å²) in [6.07, 6.45) is 22.1. The zero-order valence-corrected chi connectivity index (χ0v) is 18.0. The van der Waals surface area contributed by atoms with Crippen LogP contribution in [0.15, 0.2) is 24.3 Å². The van der Waals surface area contributed by atoms with E-state index in [1.165, 1.54) is 39.2 Å². The van der Waals surface area contributed by atoms with Crippen LogP contribution < -0.4 is 5.32 Å². The molecule has 1 amide bonds. The molecule has 0 aromatic rings. The SMILES string of the molecule is CCC(O)CC/C=C\CCCCCCC/C=C\CCCC(=O)NCC(=O)OC. The zero-order valence-electron chi connectivity index (χ0n) is 18.0. The van der Waals surface area contributed by atoms with Crippen LogP contribution in [0.3, 0.4) is 0 Å². The quantitative estimate of drug-likeness (QED) is 0.198. The van der Waals surface area contributed by atoms with Crippen LogP contribution in [0, 0.1) is 0 Å². The summed E-state index contributed by atoms with van der Waals surface area (Å²) in [6, 6.07) is 0. The van der Waals surface area contributed by atoms with E-state index in [4.69, 9.17) is 0 Å². The number of rotatable bonds is 18. The van der Waals surface area contributed by atoms with E-state index in [0.717, 1.165) is 44.9 Å². The zero-order chi connectivity index (χ0) is 20.9. The molecule has 5 heteroatoms. The number of ether oxygens (including phenoxy) is 1. The van der Waals surface area contributed by atoms with Crippen molar-refractivity contribution in [3.63, 3.8) is 0 Å². The fourth-order valence-electron chi connectivity index (χ4n) is 2.73. The normalized spacial score (nSPS) is 12.5. The van der Waals surface area contributed by atoms with Crippen molar-refractivity contribution in [1.82, 2.24) is 5.32 Å². The molecule has 0 saturated carbocycles. The van der Waals surface area contributed by atoms with E-state index in [9.17, 15) is 14.7 Å². The van der Waals surface area contributed by atoms with Gasteiger partial charge in [0.2, 0.25) is 5.91 Å². The summed E-state index contributed by atoms with van der Waals surface area (Å²) < 4.78 is 4.47. The molecule has 0 rings (SSSR count). The first-order valence-electron chi connectivity index (χ1n) is 10.9. The van der Waals surface area contributed by atoms with E-state index < -0.39 is 5.97 Å². The molecule has 0 heterocycles. The van der Waals surface area contributed by atoms with E-state index >= 15 is 0 Å². The molecule has 1 unspecified atom stereocenters. The average Bonchev–Trinajstić information content (AvgIpc) is 2.71. The molecule has 0 saturated heterocycles. The summed E-state index contributed by atoms with van der Waals surface area (Å²) in [6.45, 7) is 1.96. The minimum absolute atomic E-state index is 0.0510. The van der Waals surface area contributed by atoms with Crippen molar-refractivity contribution in [3.05, 3.63) is 24.3 Å². The summed E-state index contributed by atoms with van der Waals surface area (Å²) >= 11 is 0. The van der Waals surface area contributed by atoms with Crippen molar-refractivity contribution in [2.45, 2.75) is 96.5 Å². The summed E-state index contributed by atoms with van der Waals surface area (Å²) in [5.74, 6) is -0.528. The Morgan fingerprint density at radius 3 is 2.00 bits per heavy atom. The summed E-state index contributed by atoms with van der Waals surface area (Å²) in [7, 11) is 1.31. The molecule has 0 radical (unpaired) electrons. The molecule has 0 aromatic heterocycles. The fraction of sp³-hybridized carbons (Fsp3) is 0.739. The number of aliphatic hydroxyl groups excluding tert-OH is 1. The van der Waals surface area contributed by atoms with Gasteiger partial charge in [-0.3, -0.25) is 9.59 Å². The van der Waals surface area contributed by atoms with Gasteiger partial charge in [-0.15, -0.1) is 0 Å². The van der Waals surface area contributed by atoms with Gasteiger partial charge in [-0.1, -0.05) is 50.5 Å². The molecule has 0 aliphatic heterocycles. The average molecular weight is 396 g/mol. The number of carbonyl (C=O) groups excluding carboxylic acids is 2. The third-order valence-corrected chi connectivity index (χ3v) is 4.64. The molecule has 162 valence electrons. The summed E-state index contributed by atoms with van der Waals surface area (Å²) in [5.41, 5.74) is 0. The maximum atomic E-state index is 11.5. The van der Waals surface area contributed by atoms with Crippen molar-refractivity contribution in [2.75, 3.05) is 13.7 Å². The molecule has 0 aromatic carbocycles. The Hall–Kier alpha value is -1.62. The Bertz CT molecular complexity index is 446. The van der Waals surface area contributed by atoms with Crippen molar-refractivity contribution in [1.29, 1.82) is 0 Å². The van der Waals surface area contributed by atoms with Crippen molar-refractivity contribution < 1.29 is 19.4 Å². The Morgan fingerprint density at radius 1 is 0.893 bits per heavy atom. The molecular weight excluding hydrogens is 354 g/mol. The van der Waals surface area contributed by atoms with Crippen LogP contribution >= 0.6 is 0 Å². The Morgan fingerprint density at radius 2 is 1.43 bits per heavy atom. The molecular formula is C23H41NO4. The highest BCUT2D eigenvalue weighted by atomic mass is 16.5. The largest absolute Gasteiger partial charge is 0.468 e. The van der Waals surface area contributed by atoms with Crippen LogP contribution in [0.25, 0.3) is 0 Å². The van der Waals surface area contributed by atoms with E-state index in [1.54, 1.807) is 0 Å². The number of amides is 1. The molecule has 2 N–H and O–H groups in total. The minimum atomic E-state index is -0.423. The van der Waals surface area contributed by atoms with Gasteiger partial charge in [0.05, 0.1) is 13.2 Å². The van der Waals surface area contributed by atoms with Crippen molar-refractivity contribution in [2.24, 2.45) is 0 Å². The first kappa shape index (κ1) is 26.4. The molecule has 28 heavy (non-hydrogen) atoms. The van der Waals surface area contributed by atoms with Crippen LogP contribution in [-0.2, 0) is 14.3 Å². The Kier molecular flexibility index (Phi) is 19.0. The predicted molar refractivity (Wildman–Crippen MR) is 115 cm³/mol. The first-order chi connectivity index (χ1) is 13.6. The monoisotopic (exact) mass is 395 g/mol. The van der Waals surface area contributed by atoms with E-state index in [1.807, 2.05) is 6.92 Å². The second-order valence-corrected chi connectivity index (χ2v) is 7.17. The first-order valence-corrected chi connectivity index (χ1v) is 10.9. The van der Waals surface area contributed by atoms with Gasteiger partial charge in [0, 0.05) is 6.42 Å². The molecule has 0 aliphatic carbocycles. The van der Waals surface area contributed by atoms with Crippen LogP contribution in [0.1, 0.15) is 90.4 Å². The smallest absolute Gasteiger partial charge is 0.325 e. The molecule has 0 fully saturated rings. The summed E-state index contributed by atoms with van der Waals surface area (Å²) in [4.78, 5) is 22.4. The van der Waals surface area contributed by atoms with Crippen LogP contribution in [0.4, 0.5) is 0 Å². The van der Waals surface area contributed by atoms with Crippen LogP contribution in [0.2, 0.25) is 0 Å². The highest BCUT2D eigenvalue weighted by Gasteiger charge is 2.03. The van der Waals surface area contributed by atoms with E-state index in [-0.39, 0.29) is 18.6 Å². The van der Waals surface area contributed by atoms with Gasteiger partial charge in [0.15, 0.2) is 0 Å². The maximum Gasteiger partial charge on any atom is 0.325 e. The lowest BCUT2D eigenvalue weighted by atomic mass is 10.1. The lowest BCUT2D eigenvalue weighted by Crippen LogP contribution is -2.29. The van der Waals surface area contributed by atoms with E-state index in [2.05, 4.69) is 34.4 Å². The third kappa shape index (κ3) is 19.2. The van der Waals surface area contributed by atoms with Gasteiger partial charge in [-0.2, -0.15) is 0 Å². The predicted octanol–water partition coefficient (Wildman–Crippen LogP) is 4.84. The summed E-state index contributed by atoms with van der Waals surface area (Å²) in [5, 5.41) is 12.0. The van der Waals surface area contributed by atoms with Gasteiger partial charge in [0.1, 0.15) is 6.54 Å². The number of hydrogen-bond donors (Lipinski definition) is 2. The number of hydrogen-bond acceptors (Lipinski definition) is 4. The topological polar surface area (TPSA) is 75.6 Å². The Balaban J connectivity index is 3.33. The second kappa shape index (κ2) is 20.1. The number of methoxy groups -OCH3 is 1. The minimum Gasteiger partial charge on any atom is -0.468 e. The number of esters is 1. The van der Waals surface area contributed by atoms with Crippen LogP contribution in [0.5, 0.6) is 0 Å². The maximum absolute atomic E-state index is 11.5. The van der Waals surface area contributed by atoms with Gasteiger partial charge < -0.3 is 15.2 Å². The fourth-order valence-corrected chi connectivity index (χ4v) is 2.73. The van der Waals surface area contributed by atoms with Gasteiger partial charge >= 0.3 is 5.97 Å². The van der Waals surface area contributed by atoms with Gasteiger partial charge in [-0.05, 0) is 57.8 Å². The standard InChI is InChI=1S/C23H41NO4/c1-3-21(25)18-16-14-12-10-8-6-4-5-7-9-11-13-15-17-19-22(26)24-20-23(27)28-2/h11-14,21,25H,3-10,15-20H2,1-2H3,(H,24,26)/b13-11-,14-12-. The molecule has 5 nitrogen and oxygen atoms in total. The van der Waals surface area contributed by atoms with Crippen LogP contribution in [-0.4, -0.2) is 36.7 Å². The molecule has 0 spiro atoms. The molecule has 0 aliphatic rings. The van der Waals surface area contributed by atoms with Gasteiger partial charge in [-0.25, -0.2) is 0 Å². The number of carbonyl (C=O) groups is 2. The third-order valence-electron chi connectivity index (χ3n) is 4.64. The molecule has 0 bridgehead atoms. The number of nitrogens with one attached hydrogen (secondary N) is 1. The lowest BCUT2D eigenvalue weighted by Gasteiger charge is -2.03. The second-order valence-electron chi connectivity index (χ2n) is 7.17. The lowest BCUT2D eigenvalue weighted by molar-refractivity contribution is -0.141. The highest BCUT2D eigenvalue weighted by molar-refractivity contribution is 5.81. The number of allylic oxidation sites excluding steroid dienone is 4. The number of unbranched alkanes of at least 4 members (excludes halogenated alkanes) is 7. The van der Waals surface area contributed by atoms with Crippen molar-refractivity contribution in [3.8, 4) is 0 Å². The number of aliphatic hydroxyl groups is 1.